The summed E-state index contributed by atoms with van der Waals surface area (Å²) in [5, 5.41) is 10.6. The van der Waals surface area contributed by atoms with Crippen LogP contribution in [-0.4, -0.2) is 5.11 Å². The summed E-state index contributed by atoms with van der Waals surface area (Å²) in [6.07, 6.45) is -10.5. The van der Waals surface area contributed by atoms with Crippen molar-refractivity contribution < 1.29 is 35.9 Å². The lowest BCUT2D eigenvalue weighted by Crippen LogP contribution is -2.13. The zero-order chi connectivity index (χ0) is 22.4. The Morgan fingerprint density at radius 3 is 2.10 bits per heavy atom. The van der Waals surface area contributed by atoms with Crippen LogP contribution >= 0.6 is 0 Å². The van der Waals surface area contributed by atoms with E-state index in [4.69, 9.17) is 4.42 Å². The van der Waals surface area contributed by atoms with E-state index in [0.29, 0.717) is 12.1 Å². The molecule has 0 spiro atoms. The summed E-state index contributed by atoms with van der Waals surface area (Å²) >= 11 is 0. The van der Waals surface area contributed by atoms with Gasteiger partial charge < -0.3 is 9.52 Å². The quantitative estimate of drug-likeness (QED) is 0.405. The first-order valence-corrected chi connectivity index (χ1v) is 8.50. The van der Waals surface area contributed by atoms with Crippen molar-refractivity contribution >= 4 is 16.5 Å². The molecule has 158 valence electrons. The van der Waals surface area contributed by atoms with Crippen LogP contribution in [0.4, 0.5) is 26.3 Å². The van der Waals surface area contributed by atoms with Crippen molar-refractivity contribution in [2.75, 3.05) is 0 Å². The summed E-state index contributed by atoms with van der Waals surface area (Å²) in [4.78, 5) is 12.2. The van der Waals surface area contributed by atoms with Gasteiger partial charge in [-0.25, -0.2) is 4.79 Å². The van der Waals surface area contributed by atoms with Gasteiger partial charge in [-0.15, -0.1) is 0 Å². The highest BCUT2D eigenvalue weighted by Crippen LogP contribution is 2.38. The van der Waals surface area contributed by atoms with Gasteiger partial charge >= 0.3 is 18.0 Å². The van der Waals surface area contributed by atoms with Gasteiger partial charge in [-0.05, 0) is 48.4 Å². The molecule has 1 N–H and O–H groups in total. The van der Waals surface area contributed by atoms with E-state index in [1.54, 1.807) is 13.0 Å². The Hall–Kier alpha value is -3.23. The van der Waals surface area contributed by atoms with Gasteiger partial charge in [0, 0.05) is 6.42 Å². The third-order valence-corrected chi connectivity index (χ3v) is 4.51. The summed E-state index contributed by atoms with van der Waals surface area (Å²) < 4.78 is 83.5. The second-order valence-corrected chi connectivity index (χ2v) is 6.79. The van der Waals surface area contributed by atoms with E-state index < -0.39 is 46.8 Å². The maximum atomic E-state index is 13.1. The predicted molar refractivity (Wildman–Crippen MR) is 98.1 cm³/mol. The molecule has 0 aliphatic heterocycles. The minimum atomic E-state index is -5.02. The van der Waals surface area contributed by atoms with Gasteiger partial charge in [0.25, 0.3) is 0 Å². The number of halogens is 6. The molecular weight excluding hydrogens is 414 g/mol. The number of aromatic hydroxyl groups is 1. The molecule has 3 aromatic rings. The van der Waals surface area contributed by atoms with Crippen LogP contribution in [0.3, 0.4) is 0 Å². The Balaban J connectivity index is 2.09. The van der Waals surface area contributed by atoms with Crippen LogP contribution < -0.4 is 5.63 Å². The first-order chi connectivity index (χ1) is 13.8. The molecule has 1 heterocycles. The van der Waals surface area contributed by atoms with E-state index >= 15 is 0 Å². The van der Waals surface area contributed by atoms with Crippen molar-refractivity contribution in [3.05, 3.63) is 81.2 Å². The lowest BCUT2D eigenvalue weighted by atomic mass is 9.95. The average Bonchev–Trinajstić information content (AvgIpc) is 2.64. The van der Waals surface area contributed by atoms with Gasteiger partial charge in [-0.2, -0.15) is 26.3 Å². The minimum absolute atomic E-state index is 0.00140. The van der Waals surface area contributed by atoms with E-state index in [-0.39, 0.29) is 28.2 Å². The van der Waals surface area contributed by atoms with Crippen LogP contribution in [-0.2, 0) is 18.8 Å². The molecule has 1 aromatic heterocycles. The molecule has 0 aliphatic rings. The highest BCUT2D eigenvalue weighted by molar-refractivity contribution is 5.85. The Labute approximate surface area is 165 Å². The van der Waals surface area contributed by atoms with Gasteiger partial charge in [0.1, 0.15) is 11.3 Å². The van der Waals surface area contributed by atoms with Crippen molar-refractivity contribution in [1.29, 1.82) is 0 Å². The number of rotatable bonds is 3. The maximum Gasteiger partial charge on any atom is 0.416 e. The van der Waals surface area contributed by atoms with Crippen molar-refractivity contribution in [3.63, 3.8) is 0 Å². The van der Waals surface area contributed by atoms with Gasteiger partial charge in [0.15, 0.2) is 0 Å². The third-order valence-electron chi connectivity index (χ3n) is 4.51. The molecule has 9 heteroatoms. The Morgan fingerprint density at radius 2 is 1.57 bits per heavy atom. The fraction of sp³-hybridized carbons (Fsp3) is 0.190. The van der Waals surface area contributed by atoms with Crippen molar-refractivity contribution in [2.45, 2.75) is 25.7 Å². The molecule has 3 rings (SSSR count). The molecule has 0 saturated heterocycles. The molecule has 0 unspecified atom stereocenters. The molecule has 30 heavy (non-hydrogen) atoms. The van der Waals surface area contributed by atoms with E-state index in [1.165, 1.54) is 12.1 Å². The van der Waals surface area contributed by atoms with Crippen LogP contribution in [0.15, 0.2) is 52.2 Å². The molecule has 2 aromatic carbocycles. The van der Waals surface area contributed by atoms with Gasteiger partial charge in [0.2, 0.25) is 0 Å². The number of alkyl halides is 6. The summed E-state index contributed by atoms with van der Waals surface area (Å²) in [6, 6.07) is 5.67. The van der Waals surface area contributed by atoms with Crippen molar-refractivity contribution in [2.24, 2.45) is 0 Å². The topological polar surface area (TPSA) is 50.4 Å². The highest BCUT2D eigenvalue weighted by atomic mass is 19.4. The molecule has 0 fully saturated rings. The number of hydrogen-bond acceptors (Lipinski definition) is 3. The summed E-state index contributed by atoms with van der Waals surface area (Å²) in [6.45, 7) is 5.25. The lowest BCUT2D eigenvalue weighted by molar-refractivity contribution is -0.143. The largest absolute Gasteiger partial charge is 0.507 e. The second kappa shape index (κ2) is 7.23. The standard InChI is InChI=1S/C21H14F6O3/c1-10-3-4-17-15(5-10)18(28)16(19(29)30-17)6-11(2)12-7-13(20(22,23)24)9-14(8-12)21(25,26)27/h3-5,7-9,28H,2,6H2,1H3. The van der Waals surface area contributed by atoms with E-state index in [2.05, 4.69) is 6.58 Å². The predicted octanol–water partition coefficient (Wildman–Crippen LogP) is 6.10. The van der Waals surface area contributed by atoms with Crippen LogP contribution in [0.1, 0.15) is 27.8 Å². The molecule has 0 aliphatic carbocycles. The normalized spacial score (nSPS) is 12.4. The number of aryl methyl sites for hydroxylation is 1. The molecule has 0 amide bonds. The lowest BCUT2D eigenvalue weighted by Gasteiger charge is -2.15. The van der Waals surface area contributed by atoms with Crippen molar-refractivity contribution in [3.8, 4) is 5.75 Å². The molecule has 3 nitrogen and oxygen atoms in total. The Kier molecular flexibility index (Phi) is 5.17. The van der Waals surface area contributed by atoms with Gasteiger partial charge in [-0.3, -0.25) is 0 Å². The summed E-state index contributed by atoms with van der Waals surface area (Å²) in [5.41, 5.74) is -4.13. The molecule has 0 saturated carbocycles. The molecule has 0 radical (unpaired) electrons. The zero-order valence-electron chi connectivity index (χ0n) is 15.4. The molecule has 0 bridgehead atoms. The van der Waals surface area contributed by atoms with E-state index in [0.717, 1.165) is 5.56 Å². The number of benzene rings is 2. The number of fused-ring (bicyclic) bond motifs is 1. The second-order valence-electron chi connectivity index (χ2n) is 6.79. The average molecular weight is 428 g/mol. The Bertz CT molecular complexity index is 1170. The Morgan fingerprint density at radius 1 is 1.00 bits per heavy atom. The smallest absolute Gasteiger partial charge is 0.416 e. The third kappa shape index (κ3) is 4.19. The minimum Gasteiger partial charge on any atom is -0.507 e. The SMILES string of the molecule is C=C(Cc1c(O)c2cc(C)ccc2oc1=O)c1cc(C(F)(F)F)cc(C(F)(F)F)c1. The first-order valence-electron chi connectivity index (χ1n) is 8.50. The van der Waals surface area contributed by atoms with Gasteiger partial charge in [0.05, 0.1) is 22.1 Å². The number of hydrogen-bond donors (Lipinski definition) is 1. The fourth-order valence-corrected chi connectivity index (χ4v) is 2.97. The van der Waals surface area contributed by atoms with Crippen LogP contribution in [0.2, 0.25) is 0 Å². The summed E-state index contributed by atoms with van der Waals surface area (Å²) in [7, 11) is 0. The van der Waals surface area contributed by atoms with E-state index in [9.17, 15) is 36.2 Å². The molecular formula is C21H14F6O3. The highest BCUT2D eigenvalue weighted by Gasteiger charge is 2.37. The first kappa shape index (κ1) is 21.5. The van der Waals surface area contributed by atoms with E-state index in [1.807, 2.05) is 0 Å². The van der Waals surface area contributed by atoms with Gasteiger partial charge in [-0.1, -0.05) is 18.2 Å². The maximum absolute atomic E-state index is 13.1. The number of allylic oxidation sites excluding steroid dienone is 1. The van der Waals surface area contributed by atoms with Crippen molar-refractivity contribution in [1.82, 2.24) is 0 Å². The summed E-state index contributed by atoms with van der Waals surface area (Å²) in [5.74, 6) is -0.464. The zero-order valence-corrected chi connectivity index (χ0v) is 15.4. The fourth-order valence-electron chi connectivity index (χ4n) is 2.97. The van der Waals surface area contributed by atoms with Crippen LogP contribution in [0.25, 0.3) is 16.5 Å². The van der Waals surface area contributed by atoms with Crippen LogP contribution in [0, 0.1) is 6.92 Å². The monoisotopic (exact) mass is 428 g/mol. The molecule has 0 atom stereocenters. The van der Waals surface area contributed by atoms with Crippen LogP contribution in [0.5, 0.6) is 5.75 Å².